The number of hydrogen-bond acceptors (Lipinski definition) is 44. The van der Waals surface area contributed by atoms with Crippen molar-refractivity contribution in [2.24, 2.45) is 0 Å². The molecule has 2 amide bonds. The molecule has 103 heavy (non-hydrogen) atoms. The van der Waals surface area contributed by atoms with Gasteiger partial charge in [-0.3, -0.25) is 9.59 Å². The molecule has 47 heteroatoms. The summed E-state index contributed by atoms with van der Waals surface area (Å²) in [5.74, 6) is -7.27. The van der Waals surface area contributed by atoms with E-state index in [0.717, 1.165) is 13.8 Å². The number of carbonyl (C=O) groups is 3. The average molecular weight is 1520 g/mol. The molecule has 8 rings (SSSR count). The largest absolute Gasteiger partial charge is 0.477 e. The number of rotatable bonds is 28. The van der Waals surface area contributed by atoms with Gasteiger partial charge in [-0.15, -0.1) is 0 Å². The first-order valence-corrected chi connectivity index (χ1v) is 32.4. The molecular formula is C56H94N2O45. The van der Waals surface area contributed by atoms with Gasteiger partial charge in [-0.1, -0.05) is 0 Å². The molecule has 0 aromatic rings. The SMILES string of the molecule is CC(=O)N[C@H]1[C@H](O[C@H]2[C@@H](O)[C@@H](CO)O[C@@H](O[C@H]3[C@H](O)[C@@H](O)[C@H](OC4C(C(O)CO)OC(O[C@H]5[C@@H]([C@H](O)CO)OC(O)(C(=O)O)C[C@H]5O)C(O)C4OC4OC(C(O)CO)C(O)C(O)C4O[C@H]4O[C@H](CO)[C@@H](O)[C@H](O)[C@H]4NC(C)=O)O[C@@H]3CO)[C@@H]2O)O[C@H](CO)[C@@H](O[C@@H]2O[C@H](CO)[C@H](O)[C@H](O)[C@H]2O)[C@@H]1O. The molecule has 8 aliphatic heterocycles. The van der Waals surface area contributed by atoms with Crippen LogP contribution in [-0.4, -0.2) is 466 Å². The fourth-order valence-electron chi connectivity index (χ4n) is 13.1. The second-order valence-corrected chi connectivity index (χ2v) is 25.8. The summed E-state index contributed by atoms with van der Waals surface area (Å²) in [6.07, 6.45) is -87.7. The highest BCUT2D eigenvalue weighted by atomic mass is 16.8. The highest BCUT2D eigenvalue weighted by molar-refractivity contribution is 5.75. The summed E-state index contributed by atoms with van der Waals surface area (Å²) in [5.41, 5.74) is 0. The molecule has 0 saturated carbocycles. The maximum Gasteiger partial charge on any atom is 0.364 e. The number of hydrogen-bond donors (Lipinski definition) is 29. The zero-order chi connectivity index (χ0) is 76.3. The van der Waals surface area contributed by atoms with E-state index < -0.39 is 334 Å². The van der Waals surface area contributed by atoms with E-state index in [1.54, 1.807) is 0 Å². The van der Waals surface area contributed by atoms with Crippen molar-refractivity contribution in [3.63, 3.8) is 0 Å². The number of carbonyl (C=O) groups excluding carboxylic acids is 2. The standard InChI is InChI=1S/C56H94N2O45/c1-12(67)57-23-28(76)25(73)18(7-62)89-48(23)101-46-32(80)31(79)38(15(70)4-59)94-54(46)100-45-37(85)53(95-39-14(69)3-56(88,55(86)87)103-41(39)17(72)6-61)96-40(16(71)5-60)47(45)102-51-35(83)33(81)43(22(11-66)93-51)98-52-36(84)44(27(75)20(9-64)91-52)99-49-24(58-13(2)68)29(77)42(21(10-65)92-49)97-50-34(82)30(78)26(74)19(8-63)90-50/h14-54,59-66,69-85,88H,3-11H2,1-2H3,(H,57,67)(H,58,68)(H,86,87)/t14-,15?,16?,17-,18-,19-,20-,21-,22-,23-,24-,25-,26+,27+,28-,29-,30+,31?,32?,33-,34-,35-,36-,37?,38?,39-,40?,41-,42-,43-,44+,45?,46?,47?,48-,49+,50+,51+,52+,53?,54?,56?/m1/s1. The predicted octanol–water partition coefficient (Wildman–Crippen LogP) is -19.6. The van der Waals surface area contributed by atoms with Crippen LogP contribution < -0.4 is 10.6 Å². The summed E-state index contributed by atoms with van der Waals surface area (Å²) in [5, 5.41) is 301. The number of aliphatic hydroxyl groups is 26. The Morgan fingerprint density at radius 2 is 0.718 bits per heavy atom. The van der Waals surface area contributed by atoms with Gasteiger partial charge >= 0.3 is 5.97 Å². The lowest BCUT2D eigenvalue weighted by Crippen LogP contribution is -2.71. The molecular weight excluding hydrogens is 1420 g/mol. The van der Waals surface area contributed by atoms with Crippen LogP contribution in [0.15, 0.2) is 0 Å². The molecule has 29 N–H and O–H groups in total. The van der Waals surface area contributed by atoms with Crippen molar-refractivity contribution in [1.82, 2.24) is 10.6 Å². The van der Waals surface area contributed by atoms with Crippen molar-refractivity contribution in [1.29, 1.82) is 0 Å². The van der Waals surface area contributed by atoms with Crippen molar-refractivity contribution in [3.05, 3.63) is 0 Å². The Bertz CT molecular complexity index is 2670. The molecule has 0 radical (unpaired) electrons. The number of amides is 2. The van der Waals surface area contributed by atoms with Crippen LogP contribution in [0.5, 0.6) is 0 Å². The van der Waals surface area contributed by atoms with Crippen LogP contribution in [0.4, 0.5) is 0 Å². The Morgan fingerprint density at radius 3 is 1.23 bits per heavy atom. The molecule has 8 fully saturated rings. The van der Waals surface area contributed by atoms with Crippen LogP contribution in [0.25, 0.3) is 0 Å². The lowest BCUT2D eigenvalue weighted by Gasteiger charge is -2.52. The molecule has 0 aliphatic carbocycles. The van der Waals surface area contributed by atoms with Gasteiger partial charge in [0.15, 0.2) is 44.0 Å². The zero-order valence-corrected chi connectivity index (χ0v) is 54.5. The molecule has 598 valence electrons. The molecule has 47 nitrogen and oxygen atoms in total. The van der Waals surface area contributed by atoms with Gasteiger partial charge in [0, 0.05) is 20.3 Å². The van der Waals surface area contributed by atoms with Gasteiger partial charge in [0.2, 0.25) is 11.8 Å². The van der Waals surface area contributed by atoms with E-state index >= 15 is 0 Å². The first-order valence-electron chi connectivity index (χ1n) is 32.4. The van der Waals surface area contributed by atoms with Crippen LogP contribution in [-0.2, 0) is 85.4 Å². The van der Waals surface area contributed by atoms with Crippen molar-refractivity contribution < 1.29 is 223 Å². The zero-order valence-electron chi connectivity index (χ0n) is 54.5. The minimum absolute atomic E-state index is 0.910. The topological polar surface area (TPSA) is 760 Å². The lowest BCUT2D eigenvalue weighted by molar-refractivity contribution is -0.415. The van der Waals surface area contributed by atoms with E-state index in [-0.39, 0.29) is 0 Å². The van der Waals surface area contributed by atoms with Crippen LogP contribution in [0, 0.1) is 0 Å². The van der Waals surface area contributed by atoms with Gasteiger partial charge in [0.05, 0.1) is 59.0 Å². The van der Waals surface area contributed by atoms with Crippen LogP contribution in [0.3, 0.4) is 0 Å². The predicted molar refractivity (Wildman–Crippen MR) is 311 cm³/mol. The van der Waals surface area contributed by atoms with E-state index in [1.807, 2.05) is 0 Å². The van der Waals surface area contributed by atoms with Crippen LogP contribution >= 0.6 is 0 Å². The maximum atomic E-state index is 12.6. The normalized spacial score (nSPS) is 48.7. The number of carboxylic acids is 1. The summed E-state index contributed by atoms with van der Waals surface area (Å²) in [4.78, 5) is 37.3. The second kappa shape index (κ2) is 36.5. The molecule has 8 aliphatic rings. The molecule has 8 heterocycles. The van der Waals surface area contributed by atoms with Gasteiger partial charge in [-0.05, 0) is 0 Å². The van der Waals surface area contributed by atoms with E-state index in [2.05, 4.69) is 10.6 Å². The Balaban J connectivity index is 1.11. The third kappa shape index (κ3) is 18.3. The molecule has 0 bridgehead atoms. The van der Waals surface area contributed by atoms with Crippen LogP contribution in [0.2, 0.25) is 0 Å². The highest BCUT2D eigenvalue weighted by Crippen LogP contribution is 2.42. The first-order chi connectivity index (χ1) is 48.6. The summed E-state index contributed by atoms with van der Waals surface area (Å²) < 4.78 is 87.3. The molecule has 8 saturated heterocycles. The molecule has 0 aromatic carbocycles. The molecule has 0 spiro atoms. The fourth-order valence-corrected chi connectivity index (χ4v) is 13.1. The third-order valence-electron chi connectivity index (χ3n) is 18.7. The summed E-state index contributed by atoms with van der Waals surface area (Å²) in [6.45, 7) is -7.62. The van der Waals surface area contributed by atoms with E-state index in [0.29, 0.717) is 0 Å². The monoisotopic (exact) mass is 1510 g/mol. The number of nitrogens with one attached hydrogen (secondary N) is 2. The Hall–Kier alpha value is -3.23. The van der Waals surface area contributed by atoms with Gasteiger partial charge in [0.25, 0.3) is 5.79 Å². The minimum atomic E-state index is -3.31. The lowest BCUT2D eigenvalue weighted by atomic mass is 9.91. The Morgan fingerprint density at radius 1 is 0.359 bits per heavy atom. The number of ether oxygens (including phenoxy) is 15. The summed E-state index contributed by atoms with van der Waals surface area (Å²) in [7, 11) is 0. The first kappa shape index (κ1) is 85.4. The van der Waals surface area contributed by atoms with Gasteiger partial charge < -0.3 is 220 Å². The van der Waals surface area contributed by atoms with Crippen molar-refractivity contribution in [2.75, 3.05) is 52.9 Å². The van der Waals surface area contributed by atoms with E-state index in [1.165, 1.54) is 0 Å². The molecule has 0 aromatic heterocycles. The number of carboxylic acid groups (broad SMARTS) is 1. The molecule has 13 unspecified atom stereocenters. The smallest absolute Gasteiger partial charge is 0.364 e. The van der Waals surface area contributed by atoms with Crippen molar-refractivity contribution >= 4 is 17.8 Å². The van der Waals surface area contributed by atoms with Gasteiger partial charge in [-0.2, -0.15) is 0 Å². The summed E-state index contributed by atoms with van der Waals surface area (Å²) >= 11 is 0. The molecule has 42 atom stereocenters. The number of aliphatic carboxylic acids is 1. The van der Waals surface area contributed by atoms with Crippen molar-refractivity contribution in [3.8, 4) is 0 Å². The Kier molecular flexibility index (Phi) is 30.3. The van der Waals surface area contributed by atoms with E-state index in [9.17, 15) is 152 Å². The highest BCUT2D eigenvalue weighted by Gasteiger charge is 2.62. The van der Waals surface area contributed by atoms with Crippen molar-refractivity contribution in [2.45, 2.75) is 277 Å². The average Bonchev–Trinajstić information content (AvgIpc) is 0.760. The van der Waals surface area contributed by atoms with Gasteiger partial charge in [0.1, 0.15) is 201 Å². The third-order valence-corrected chi connectivity index (χ3v) is 18.7. The number of aliphatic hydroxyl groups excluding tert-OH is 25. The maximum absolute atomic E-state index is 12.6. The summed E-state index contributed by atoms with van der Waals surface area (Å²) in [6, 6.07) is -3.72. The van der Waals surface area contributed by atoms with E-state index in [4.69, 9.17) is 71.1 Å². The minimum Gasteiger partial charge on any atom is -0.477 e. The van der Waals surface area contributed by atoms with Gasteiger partial charge in [-0.25, -0.2) is 4.79 Å². The van der Waals surface area contributed by atoms with Crippen LogP contribution in [0.1, 0.15) is 20.3 Å². The fraction of sp³-hybridized carbons (Fsp3) is 0.946. The second-order valence-electron chi connectivity index (χ2n) is 25.8. The quantitative estimate of drug-likeness (QED) is 0.0346. The Labute approximate surface area is 580 Å².